The first-order chi connectivity index (χ1) is 4.83. The van der Waals surface area contributed by atoms with Crippen molar-refractivity contribution < 1.29 is 0 Å². The minimum Gasteiger partial charge on any atom is -0.192 e. The van der Waals surface area contributed by atoms with Gasteiger partial charge < -0.3 is 0 Å². The minimum absolute atomic E-state index is 0.771. The quantitative estimate of drug-likeness (QED) is 0.562. The van der Waals surface area contributed by atoms with Crippen molar-refractivity contribution >= 4 is 11.3 Å². The van der Waals surface area contributed by atoms with Crippen LogP contribution >= 0.6 is 11.3 Å². The summed E-state index contributed by atoms with van der Waals surface area (Å²) in [5, 5.41) is 10.2. The van der Waals surface area contributed by atoms with E-state index in [0.29, 0.717) is 0 Å². The zero-order valence-corrected chi connectivity index (χ0v) is 7.33. The molecule has 0 fully saturated rings. The number of thiophene rings is 1. The third-order valence-corrected chi connectivity index (χ3v) is 1.72. The molecule has 0 saturated heterocycles. The van der Waals surface area contributed by atoms with Crippen LogP contribution in [0.1, 0.15) is 24.3 Å². The van der Waals surface area contributed by atoms with Crippen molar-refractivity contribution in [3.63, 3.8) is 0 Å². The highest BCUT2D eigenvalue weighted by Gasteiger charge is 1.89. The standard InChI is InChI=1S/C6H5NS.C2H6/c1-5-2-6(3-7)4-8-5;1-2/h2,4H,1H3;1-2H3. The van der Waals surface area contributed by atoms with Crippen LogP contribution in [0.5, 0.6) is 0 Å². The van der Waals surface area contributed by atoms with Crippen LogP contribution in [0.4, 0.5) is 0 Å². The Morgan fingerprint density at radius 1 is 1.50 bits per heavy atom. The molecule has 10 heavy (non-hydrogen) atoms. The summed E-state index contributed by atoms with van der Waals surface area (Å²) < 4.78 is 0. The molecule has 0 aliphatic carbocycles. The summed E-state index contributed by atoms with van der Waals surface area (Å²) >= 11 is 1.61. The van der Waals surface area contributed by atoms with Crippen LogP contribution < -0.4 is 0 Å². The van der Waals surface area contributed by atoms with Crippen molar-refractivity contribution in [3.05, 3.63) is 21.9 Å². The van der Waals surface area contributed by atoms with Crippen LogP contribution in [0, 0.1) is 18.3 Å². The molecule has 0 amide bonds. The Hall–Kier alpha value is -0.810. The van der Waals surface area contributed by atoms with Gasteiger partial charge in [-0.25, -0.2) is 0 Å². The largest absolute Gasteiger partial charge is 0.192 e. The van der Waals surface area contributed by atoms with E-state index in [1.165, 1.54) is 4.88 Å². The third-order valence-electron chi connectivity index (χ3n) is 0.860. The van der Waals surface area contributed by atoms with Crippen molar-refractivity contribution in [2.75, 3.05) is 0 Å². The van der Waals surface area contributed by atoms with Gasteiger partial charge in [0.05, 0.1) is 11.6 Å². The summed E-state index contributed by atoms with van der Waals surface area (Å²) in [5.74, 6) is 0. The van der Waals surface area contributed by atoms with Crippen LogP contribution in [-0.2, 0) is 0 Å². The zero-order chi connectivity index (χ0) is 7.98. The molecule has 0 aliphatic rings. The Kier molecular flexibility index (Phi) is 4.61. The van der Waals surface area contributed by atoms with Gasteiger partial charge in [-0.15, -0.1) is 11.3 Å². The Labute approximate surface area is 65.9 Å². The van der Waals surface area contributed by atoms with E-state index in [2.05, 4.69) is 6.07 Å². The topological polar surface area (TPSA) is 23.8 Å². The van der Waals surface area contributed by atoms with Gasteiger partial charge >= 0.3 is 0 Å². The van der Waals surface area contributed by atoms with E-state index in [4.69, 9.17) is 5.26 Å². The predicted molar refractivity (Wildman–Crippen MR) is 45.1 cm³/mol. The minimum atomic E-state index is 0.771. The molecule has 54 valence electrons. The highest BCUT2D eigenvalue weighted by atomic mass is 32.1. The first-order valence-electron chi connectivity index (χ1n) is 3.28. The molecule has 2 heteroatoms. The fourth-order valence-electron chi connectivity index (χ4n) is 0.502. The van der Waals surface area contributed by atoms with Gasteiger partial charge in [-0.05, 0) is 13.0 Å². The van der Waals surface area contributed by atoms with Crippen molar-refractivity contribution in [2.24, 2.45) is 0 Å². The van der Waals surface area contributed by atoms with E-state index >= 15 is 0 Å². The van der Waals surface area contributed by atoms with Gasteiger partial charge in [-0.1, -0.05) is 13.8 Å². The summed E-state index contributed by atoms with van der Waals surface area (Å²) in [7, 11) is 0. The van der Waals surface area contributed by atoms with E-state index in [1.807, 2.05) is 32.2 Å². The molecule has 0 spiro atoms. The molecule has 1 nitrogen and oxygen atoms in total. The first kappa shape index (κ1) is 9.19. The second kappa shape index (κ2) is 5.01. The van der Waals surface area contributed by atoms with E-state index in [0.717, 1.165) is 5.56 Å². The van der Waals surface area contributed by atoms with Gasteiger partial charge in [0.2, 0.25) is 0 Å². The van der Waals surface area contributed by atoms with E-state index < -0.39 is 0 Å². The molecule has 1 heterocycles. The SMILES string of the molecule is CC.Cc1cc(C#N)cs1. The number of aryl methyl sites for hydroxylation is 1. The Morgan fingerprint density at radius 2 is 2.10 bits per heavy atom. The lowest BCUT2D eigenvalue weighted by molar-refractivity contribution is 1.50. The third kappa shape index (κ3) is 2.65. The molecule has 0 bridgehead atoms. The van der Waals surface area contributed by atoms with Gasteiger partial charge in [0.25, 0.3) is 0 Å². The van der Waals surface area contributed by atoms with Gasteiger partial charge in [-0.3, -0.25) is 0 Å². The lowest BCUT2D eigenvalue weighted by Crippen LogP contribution is -1.57. The average Bonchev–Trinajstić information content (AvgIpc) is 2.40. The van der Waals surface area contributed by atoms with Gasteiger partial charge in [-0.2, -0.15) is 5.26 Å². The van der Waals surface area contributed by atoms with Crippen LogP contribution in [0.3, 0.4) is 0 Å². The molecule has 1 aromatic heterocycles. The van der Waals surface area contributed by atoms with E-state index in [-0.39, 0.29) is 0 Å². The second-order valence-electron chi connectivity index (χ2n) is 1.56. The van der Waals surface area contributed by atoms with Crippen molar-refractivity contribution in [3.8, 4) is 6.07 Å². The second-order valence-corrected chi connectivity index (χ2v) is 2.67. The number of hydrogen-bond donors (Lipinski definition) is 0. The first-order valence-corrected chi connectivity index (χ1v) is 4.16. The molecule has 0 aromatic carbocycles. The van der Waals surface area contributed by atoms with Gasteiger partial charge in [0, 0.05) is 10.3 Å². The summed E-state index contributed by atoms with van der Waals surface area (Å²) in [5.41, 5.74) is 0.771. The zero-order valence-electron chi connectivity index (χ0n) is 6.51. The van der Waals surface area contributed by atoms with E-state index in [9.17, 15) is 0 Å². The summed E-state index contributed by atoms with van der Waals surface area (Å²) in [6.45, 7) is 5.99. The Bertz CT molecular complexity index is 219. The number of nitriles is 1. The molecule has 0 unspecified atom stereocenters. The molecule has 1 rings (SSSR count). The fraction of sp³-hybridized carbons (Fsp3) is 0.375. The molecular formula is C8H11NS. The van der Waals surface area contributed by atoms with Crippen LogP contribution in [-0.4, -0.2) is 0 Å². The molecule has 0 atom stereocenters. The summed E-state index contributed by atoms with van der Waals surface area (Å²) in [6, 6.07) is 3.94. The molecular weight excluding hydrogens is 142 g/mol. The van der Waals surface area contributed by atoms with Gasteiger partial charge in [0.15, 0.2) is 0 Å². The van der Waals surface area contributed by atoms with Gasteiger partial charge in [0.1, 0.15) is 0 Å². The normalized spacial score (nSPS) is 7.40. The summed E-state index contributed by atoms with van der Waals surface area (Å²) in [6.07, 6.45) is 0. The monoisotopic (exact) mass is 153 g/mol. The maximum absolute atomic E-state index is 8.31. The fourth-order valence-corrected chi connectivity index (χ4v) is 1.13. The highest BCUT2D eigenvalue weighted by molar-refractivity contribution is 7.10. The Morgan fingerprint density at radius 3 is 2.30 bits per heavy atom. The van der Waals surface area contributed by atoms with E-state index in [1.54, 1.807) is 11.3 Å². The maximum atomic E-state index is 8.31. The number of hydrogen-bond acceptors (Lipinski definition) is 2. The number of rotatable bonds is 0. The van der Waals surface area contributed by atoms with Crippen LogP contribution in [0.2, 0.25) is 0 Å². The molecule has 0 N–H and O–H groups in total. The molecule has 0 saturated carbocycles. The van der Waals surface area contributed by atoms with Crippen LogP contribution in [0.25, 0.3) is 0 Å². The molecule has 1 aromatic rings. The predicted octanol–water partition coefficient (Wildman–Crippen LogP) is 2.95. The maximum Gasteiger partial charge on any atom is 0.1000 e. The molecule has 0 aliphatic heterocycles. The Balaban J connectivity index is 0.000000371. The lowest BCUT2D eigenvalue weighted by atomic mass is 10.3. The van der Waals surface area contributed by atoms with Crippen molar-refractivity contribution in [1.82, 2.24) is 0 Å². The highest BCUT2D eigenvalue weighted by Crippen LogP contribution is 2.10. The number of nitrogens with zero attached hydrogens (tertiary/aromatic N) is 1. The summed E-state index contributed by atoms with van der Waals surface area (Å²) in [4.78, 5) is 1.20. The van der Waals surface area contributed by atoms with Crippen molar-refractivity contribution in [2.45, 2.75) is 20.8 Å². The van der Waals surface area contributed by atoms with Crippen molar-refractivity contribution in [1.29, 1.82) is 5.26 Å². The lowest BCUT2D eigenvalue weighted by Gasteiger charge is -1.68. The smallest absolute Gasteiger partial charge is 0.1000 e. The average molecular weight is 153 g/mol. The molecule has 0 radical (unpaired) electrons. The van der Waals surface area contributed by atoms with Crippen LogP contribution in [0.15, 0.2) is 11.4 Å².